The van der Waals surface area contributed by atoms with E-state index in [-0.39, 0.29) is 18.1 Å². The van der Waals surface area contributed by atoms with Crippen molar-refractivity contribution in [3.05, 3.63) is 64.8 Å². The van der Waals surface area contributed by atoms with Gasteiger partial charge in [0.25, 0.3) is 0 Å². The number of oxazole rings is 1. The van der Waals surface area contributed by atoms with Crippen LogP contribution in [0.1, 0.15) is 44.9 Å². The Labute approximate surface area is 157 Å². The number of benzene rings is 1. The van der Waals surface area contributed by atoms with E-state index in [2.05, 4.69) is 4.98 Å². The smallest absolute Gasteiger partial charge is 0.361 e. The fraction of sp³-hybridized carbons (Fsp3) is 0.286. The minimum absolute atomic E-state index is 0.0840. The normalized spacial score (nSPS) is 10.8. The van der Waals surface area contributed by atoms with Gasteiger partial charge in [0.05, 0.1) is 0 Å². The van der Waals surface area contributed by atoms with Gasteiger partial charge < -0.3 is 13.7 Å². The fourth-order valence-corrected chi connectivity index (χ4v) is 3.14. The van der Waals surface area contributed by atoms with Gasteiger partial charge in [-0.25, -0.2) is 9.78 Å². The first-order chi connectivity index (χ1) is 12.9. The van der Waals surface area contributed by atoms with Crippen LogP contribution >= 0.6 is 0 Å². The average molecular weight is 366 g/mol. The molecule has 2 heterocycles. The van der Waals surface area contributed by atoms with E-state index in [1.165, 1.54) is 0 Å². The van der Waals surface area contributed by atoms with E-state index in [1.54, 1.807) is 6.92 Å². The van der Waals surface area contributed by atoms with Crippen LogP contribution in [0, 0.1) is 20.8 Å². The summed E-state index contributed by atoms with van der Waals surface area (Å²) in [5.74, 6) is -0.204. The molecule has 0 bridgehead atoms. The molecule has 0 fully saturated rings. The summed E-state index contributed by atoms with van der Waals surface area (Å²) in [6.07, 6.45) is 0. The number of rotatable bonds is 6. The van der Waals surface area contributed by atoms with Crippen LogP contribution in [0.3, 0.4) is 0 Å². The van der Waals surface area contributed by atoms with E-state index < -0.39 is 5.97 Å². The molecule has 0 aliphatic carbocycles. The third-order valence-corrected chi connectivity index (χ3v) is 4.54. The molecule has 0 spiro atoms. The molecule has 0 saturated heterocycles. The molecule has 140 valence electrons. The van der Waals surface area contributed by atoms with Gasteiger partial charge in [-0.1, -0.05) is 18.2 Å². The highest BCUT2D eigenvalue weighted by molar-refractivity contribution is 6.00. The van der Waals surface area contributed by atoms with Crippen LogP contribution in [0.4, 0.5) is 0 Å². The molecule has 0 saturated carbocycles. The van der Waals surface area contributed by atoms with Gasteiger partial charge in [0.1, 0.15) is 5.76 Å². The largest absolute Gasteiger partial charge is 0.452 e. The van der Waals surface area contributed by atoms with Crippen LogP contribution in [0.5, 0.6) is 0 Å². The van der Waals surface area contributed by atoms with Gasteiger partial charge in [-0.3, -0.25) is 4.79 Å². The monoisotopic (exact) mass is 366 g/mol. The molecule has 0 amide bonds. The van der Waals surface area contributed by atoms with Crippen LogP contribution in [-0.2, 0) is 11.3 Å². The van der Waals surface area contributed by atoms with E-state index in [9.17, 15) is 9.59 Å². The number of nitrogens with zero attached hydrogens (tertiary/aromatic N) is 2. The minimum Gasteiger partial charge on any atom is -0.452 e. The number of carbonyl (C=O) groups excluding carboxylic acids is 2. The van der Waals surface area contributed by atoms with E-state index in [1.807, 2.05) is 61.7 Å². The molecular weight excluding hydrogens is 344 g/mol. The summed E-state index contributed by atoms with van der Waals surface area (Å²) in [6.45, 7) is 7.95. The maximum absolute atomic E-state index is 12.5. The van der Waals surface area contributed by atoms with E-state index >= 15 is 0 Å². The zero-order valence-corrected chi connectivity index (χ0v) is 15.9. The van der Waals surface area contributed by atoms with Crippen molar-refractivity contribution in [3.63, 3.8) is 0 Å². The van der Waals surface area contributed by atoms with E-state index in [0.717, 1.165) is 23.5 Å². The number of aryl methyl sites for hydroxylation is 2. The van der Waals surface area contributed by atoms with Crippen molar-refractivity contribution in [1.29, 1.82) is 0 Å². The zero-order valence-electron chi connectivity index (χ0n) is 15.9. The number of hydrogen-bond acceptors (Lipinski definition) is 5. The summed E-state index contributed by atoms with van der Waals surface area (Å²) in [7, 11) is 0. The number of Topliss-reactive ketones (excluding diaryl/α,β-unsaturated/α-hetero) is 1. The lowest BCUT2D eigenvalue weighted by atomic mass is 10.1. The van der Waals surface area contributed by atoms with Crippen molar-refractivity contribution in [2.75, 3.05) is 6.61 Å². The molecule has 0 aliphatic heterocycles. The highest BCUT2D eigenvalue weighted by Gasteiger charge is 2.22. The first kappa shape index (κ1) is 18.6. The van der Waals surface area contributed by atoms with Crippen molar-refractivity contribution in [3.8, 4) is 11.5 Å². The molecule has 0 atom stereocenters. The molecule has 6 nitrogen and oxygen atoms in total. The SMILES string of the molecule is CCn1c(C)cc(C(=O)COC(=O)c2nc(-c3ccccc3)oc2C)c1C. The fourth-order valence-electron chi connectivity index (χ4n) is 3.14. The molecule has 3 rings (SSSR count). The number of ketones is 1. The van der Waals surface area contributed by atoms with Crippen LogP contribution in [-0.4, -0.2) is 27.9 Å². The van der Waals surface area contributed by atoms with Gasteiger partial charge in [0.15, 0.2) is 12.3 Å². The third kappa shape index (κ3) is 3.69. The summed E-state index contributed by atoms with van der Waals surface area (Å²) >= 11 is 0. The molecule has 0 N–H and O–H groups in total. The average Bonchev–Trinajstić information content (AvgIpc) is 3.19. The predicted octanol–water partition coefficient (Wildman–Crippen LogP) is 4.13. The van der Waals surface area contributed by atoms with Crippen molar-refractivity contribution in [2.45, 2.75) is 34.2 Å². The molecular formula is C21H22N2O4. The Morgan fingerprint density at radius 3 is 2.48 bits per heavy atom. The molecule has 0 unspecified atom stereocenters. The predicted molar refractivity (Wildman–Crippen MR) is 101 cm³/mol. The Hall–Kier alpha value is -3.15. The highest BCUT2D eigenvalue weighted by Crippen LogP contribution is 2.22. The molecule has 6 heteroatoms. The summed E-state index contributed by atoms with van der Waals surface area (Å²) < 4.78 is 12.8. The molecule has 3 aromatic rings. The minimum atomic E-state index is -0.670. The number of aromatic nitrogens is 2. The quantitative estimate of drug-likeness (QED) is 0.484. The summed E-state index contributed by atoms with van der Waals surface area (Å²) in [5.41, 5.74) is 3.30. The topological polar surface area (TPSA) is 74.3 Å². The molecule has 2 aromatic heterocycles. The van der Waals surface area contributed by atoms with Gasteiger partial charge in [-0.2, -0.15) is 0 Å². The van der Waals surface area contributed by atoms with Gasteiger partial charge in [-0.05, 0) is 45.9 Å². The summed E-state index contributed by atoms with van der Waals surface area (Å²) in [6, 6.07) is 11.1. The second-order valence-electron chi connectivity index (χ2n) is 6.32. The van der Waals surface area contributed by atoms with E-state index in [0.29, 0.717) is 17.2 Å². The third-order valence-electron chi connectivity index (χ3n) is 4.54. The standard InChI is InChI=1S/C21H22N2O4/c1-5-23-13(2)11-17(14(23)3)18(24)12-26-21(25)19-15(4)27-20(22-19)16-9-7-6-8-10-16/h6-11H,5,12H2,1-4H3. The Balaban J connectivity index is 1.71. The number of ether oxygens (including phenoxy) is 1. The van der Waals surface area contributed by atoms with Crippen LogP contribution < -0.4 is 0 Å². The molecule has 27 heavy (non-hydrogen) atoms. The van der Waals surface area contributed by atoms with Gasteiger partial charge in [-0.15, -0.1) is 0 Å². The molecule has 1 aromatic carbocycles. The van der Waals surface area contributed by atoms with Crippen molar-refractivity contribution < 1.29 is 18.7 Å². The lowest BCUT2D eigenvalue weighted by Crippen LogP contribution is -2.16. The highest BCUT2D eigenvalue weighted by atomic mass is 16.5. The van der Waals surface area contributed by atoms with Crippen molar-refractivity contribution in [1.82, 2.24) is 9.55 Å². The second kappa shape index (κ2) is 7.61. The Morgan fingerprint density at radius 1 is 1.15 bits per heavy atom. The Bertz CT molecular complexity index is 983. The molecule has 0 radical (unpaired) electrons. The van der Waals surface area contributed by atoms with Gasteiger partial charge >= 0.3 is 5.97 Å². The lowest BCUT2D eigenvalue weighted by molar-refractivity contribution is 0.0467. The van der Waals surface area contributed by atoms with Crippen molar-refractivity contribution >= 4 is 11.8 Å². The van der Waals surface area contributed by atoms with Gasteiger partial charge in [0.2, 0.25) is 11.7 Å². The Kier molecular flexibility index (Phi) is 5.26. The molecule has 0 aliphatic rings. The first-order valence-corrected chi connectivity index (χ1v) is 8.82. The number of carbonyl (C=O) groups is 2. The summed E-state index contributed by atoms with van der Waals surface area (Å²) in [5, 5.41) is 0. The first-order valence-electron chi connectivity index (χ1n) is 8.82. The lowest BCUT2D eigenvalue weighted by Gasteiger charge is -2.06. The van der Waals surface area contributed by atoms with E-state index in [4.69, 9.17) is 9.15 Å². The summed E-state index contributed by atoms with van der Waals surface area (Å²) in [4.78, 5) is 29.0. The maximum Gasteiger partial charge on any atom is 0.361 e. The van der Waals surface area contributed by atoms with Crippen LogP contribution in [0.2, 0.25) is 0 Å². The maximum atomic E-state index is 12.5. The van der Waals surface area contributed by atoms with Crippen LogP contribution in [0.25, 0.3) is 11.5 Å². The van der Waals surface area contributed by atoms with Crippen LogP contribution in [0.15, 0.2) is 40.8 Å². The second-order valence-corrected chi connectivity index (χ2v) is 6.32. The Morgan fingerprint density at radius 2 is 1.85 bits per heavy atom. The van der Waals surface area contributed by atoms with Gasteiger partial charge in [0, 0.05) is 29.1 Å². The van der Waals surface area contributed by atoms with Crippen molar-refractivity contribution in [2.24, 2.45) is 0 Å². The zero-order chi connectivity index (χ0) is 19.6. The number of hydrogen-bond donors (Lipinski definition) is 0. The number of esters is 1.